The molecule has 0 bridgehead atoms. The van der Waals surface area contributed by atoms with Crippen LogP contribution >= 0.6 is 0 Å². The smallest absolute Gasteiger partial charge is 0.268 e. The molecule has 11 heteroatoms. The maximum atomic E-state index is 14.5. The fraction of sp³-hybridized carbons (Fsp3) is 0.364. The van der Waals surface area contributed by atoms with Gasteiger partial charge in [0, 0.05) is 24.0 Å². The minimum absolute atomic E-state index is 0.0397. The molecule has 3 aromatic rings. The number of pyridine rings is 1. The summed E-state index contributed by atoms with van der Waals surface area (Å²) in [5.41, 5.74) is 1.03. The van der Waals surface area contributed by atoms with E-state index in [0.717, 1.165) is 18.2 Å². The molecule has 2 N–H and O–H groups in total. The normalized spacial score (nSPS) is 19.3. The number of hydrogen-bond donors (Lipinski definition) is 2. The summed E-state index contributed by atoms with van der Waals surface area (Å²) in [4.78, 5) is 14.5. The number of anilines is 1. The standard InChI is InChI=1S/C22H24F2N4O4S/c1-22(2,3)33(31,32)26-21(30)17-11-25-28-7-6-14(9-20(17)28)27-12-15(29)10-19(27)16-8-13(23)4-5-18(16)24/h4-9,11,15,19,29H,10,12H2,1-3H3,(H,26,30)/t15-,19-/m1/s1. The fourth-order valence-corrected chi connectivity index (χ4v) is 4.48. The molecular formula is C22H24F2N4O4S. The molecule has 1 amide bonds. The molecule has 3 heterocycles. The Kier molecular flexibility index (Phi) is 5.65. The Morgan fingerprint density at radius 1 is 1.21 bits per heavy atom. The van der Waals surface area contributed by atoms with Crippen molar-refractivity contribution < 1.29 is 27.1 Å². The third kappa shape index (κ3) is 4.30. The van der Waals surface area contributed by atoms with Gasteiger partial charge in [0.2, 0.25) is 10.0 Å². The van der Waals surface area contributed by atoms with Crippen molar-refractivity contribution in [2.75, 3.05) is 11.4 Å². The van der Waals surface area contributed by atoms with Crippen LogP contribution in [0.5, 0.6) is 0 Å². The molecule has 33 heavy (non-hydrogen) atoms. The van der Waals surface area contributed by atoms with E-state index in [4.69, 9.17) is 0 Å². The first-order chi connectivity index (χ1) is 15.4. The minimum atomic E-state index is -3.94. The van der Waals surface area contributed by atoms with Crippen molar-refractivity contribution in [1.29, 1.82) is 0 Å². The SMILES string of the molecule is CC(C)(C)S(=O)(=O)NC(=O)c1cnn2ccc(N3C[C@H](O)C[C@@H]3c3cc(F)ccc3F)cc12. The number of carbonyl (C=O) groups excluding carboxylic acids is 1. The summed E-state index contributed by atoms with van der Waals surface area (Å²) in [5, 5.41) is 14.4. The number of aliphatic hydroxyl groups is 1. The highest BCUT2D eigenvalue weighted by molar-refractivity contribution is 7.91. The lowest BCUT2D eigenvalue weighted by Crippen LogP contribution is -2.42. The van der Waals surface area contributed by atoms with Crippen molar-refractivity contribution in [3.8, 4) is 0 Å². The van der Waals surface area contributed by atoms with Crippen LogP contribution in [0.25, 0.3) is 5.52 Å². The first kappa shape index (κ1) is 23.1. The van der Waals surface area contributed by atoms with Crippen molar-refractivity contribution in [3.05, 3.63) is 65.5 Å². The molecule has 0 spiro atoms. The van der Waals surface area contributed by atoms with Crippen LogP contribution in [0.3, 0.4) is 0 Å². The summed E-state index contributed by atoms with van der Waals surface area (Å²) < 4.78 is 55.4. The predicted octanol–water partition coefficient (Wildman–Crippen LogP) is 2.78. The molecule has 2 atom stereocenters. The van der Waals surface area contributed by atoms with Crippen LogP contribution < -0.4 is 9.62 Å². The number of hydrogen-bond acceptors (Lipinski definition) is 6. The summed E-state index contributed by atoms with van der Waals surface area (Å²) in [6.45, 7) is 4.59. The molecular weight excluding hydrogens is 454 g/mol. The van der Waals surface area contributed by atoms with Gasteiger partial charge in [-0.15, -0.1) is 0 Å². The lowest BCUT2D eigenvalue weighted by atomic mass is 10.0. The van der Waals surface area contributed by atoms with Crippen LogP contribution in [0.4, 0.5) is 14.5 Å². The van der Waals surface area contributed by atoms with Crippen LogP contribution in [-0.4, -0.2) is 46.4 Å². The molecule has 2 aromatic heterocycles. The molecule has 1 fully saturated rings. The van der Waals surface area contributed by atoms with Crippen molar-refractivity contribution in [2.45, 2.75) is 44.1 Å². The summed E-state index contributed by atoms with van der Waals surface area (Å²) in [7, 11) is -3.94. The lowest BCUT2D eigenvalue weighted by molar-refractivity contribution is 0.0982. The molecule has 0 aliphatic carbocycles. The molecule has 0 radical (unpaired) electrons. The van der Waals surface area contributed by atoms with E-state index in [1.165, 1.54) is 31.5 Å². The number of aliphatic hydroxyl groups excluding tert-OH is 1. The zero-order valence-electron chi connectivity index (χ0n) is 18.3. The maximum Gasteiger partial charge on any atom is 0.268 e. The second-order valence-electron chi connectivity index (χ2n) is 9.04. The van der Waals surface area contributed by atoms with Crippen LogP contribution in [0.1, 0.15) is 49.2 Å². The summed E-state index contributed by atoms with van der Waals surface area (Å²) in [6.07, 6.45) is 2.26. The largest absolute Gasteiger partial charge is 0.391 e. The zero-order valence-corrected chi connectivity index (χ0v) is 19.1. The van der Waals surface area contributed by atoms with E-state index in [2.05, 4.69) is 9.82 Å². The molecule has 0 unspecified atom stereocenters. The summed E-state index contributed by atoms with van der Waals surface area (Å²) in [5.74, 6) is -2.00. The van der Waals surface area contributed by atoms with Gasteiger partial charge in [0.25, 0.3) is 5.91 Å². The number of nitrogens with one attached hydrogen (secondary N) is 1. The average Bonchev–Trinajstić information content (AvgIpc) is 3.31. The fourth-order valence-electron chi connectivity index (χ4n) is 3.82. The number of amides is 1. The minimum Gasteiger partial charge on any atom is -0.391 e. The average molecular weight is 479 g/mol. The van der Waals surface area contributed by atoms with Crippen LogP contribution in [-0.2, 0) is 10.0 Å². The Morgan fingerprint density at radius 2 is 1.94 bits per heavy atom. The van der Waals surface area contributed by atoms with Gasteiger partial charge in [-0.1, -0.05) is 0 Å². The molecule has 1 aliphatic heterocycles. The number of rotatable bonds is 4. The van der Waals surface area contributed by atoms with Crippen LogP contribution in [0, 0.1) is 11.6 Å². The third-order valence-electron chi connectivity index (χ3n) is 5.71. The number of halogens is 2. The number of benzene rings is 1. The predicted molar refractivity (Wildman–Crippen MR) is 118 cm³/mol. The third-order valence-corrected chi connectivity index (χ3v) is 7.78. The zero-order chi connectivity index (χ0) is 24.1. The Labute approximate surface area is 189 Å². The van der Waals surface area contributed by atoms with Gasteiger partial charge >= 0.3 is 0 Å². The second kappa shape index (κ2) is 8.07. The lowest BCUT2D eigenvalue weighted by Gasteiger charge is -2.27. The highest BCUT2D eigenvalue weighted by Crippen LogP contribution is 2.38. The van der Waals surface area contributed by atoms with E-state index >= 15 is 0 Å². The summed E-state index contributed by atoms with van der Waals surface area (Å²) >= 11 is 0. The first-order valence-electron chi connectivity index (χ1n) is 10.3. The van der Waals surface area contributed by atoms with Gasteiger partial charge in [-0.2, -0.15) is 5.10 Å². The highest BCUT2D eigenvalue weighted by Gasteiger charge is 2.35. The number of nitrogens with zero attached hydrogens (tertiary/aromatic N) is 3. The van der Waals surface area contributed by atoms with Gasteiger partial charge < -0.3 is 10.0 Å². The van der Waals surface area contributed by atoms with Crippen LogP contribution in [0.2, 0.25) is 0 Å². The Bertz CT molecular complexity index is 1330. The Balaban J connectivity index is 1.72. The van der Waals surface area contributed by atoms with Gasteiger partial charge in [-0.25, -0.2) is 26.4 Å². The number of aromatic nitrogens is 2. The Hall–Kier alpha value is -3.05. The molecule has 8 nitrogen and oxygen atoms in total. The van der Waals surface area contributed by atoms with Crippen molar-refractivity contribution >= 4 is 27.1 Å². The van der Waals surface area contributed by atoms with Crippen molar-refractivity contribution in [3.63, 3.8) is 0 Å². The van der Waals surface area contributed by atoms with Gasteiger partial charge in [-0.3, -0.25) is 4.79 Å². The van der Waals surface area contributed by atoms with E-state index in [1.54, 1.807) is 23.2 Å². The second-order valence-corrected chi connectivity index (χ2v) is 11.5. The van der Waals surface area contributed by atoms with E-state index < -0.39 is 44.5 Å². The van der Waals surface area contributed by atoms with Gasteiger partial charge in [0.15, 0.2) is 0 Å². The topological polar surface area (TPSA) is 104 Å². The number of fused-ring (bicyclic) bond motifs is 1. The van der Waals surface area contributed by atoms with Crippen molar-refractivity contribution in [2.24, 2.45) is 0 Å². The maximum absolute atomic E-state index is 14.5. The highest BCUT2D eigenvalue weighted by atomic mass is 32.2. The number of carbonyl (C=O) groups is 1. The van der Waals surface area contributed by atoms with E-state index in [0.29, 0.717) is 11.2 Å². The number of β-amino-alcohol motifs (C(OH)–C–C–N with tert-alkyl or cyclic N) is 1. The van der Waals surface area contributed by atoms with E-state index in [-0.39, 0.29) is 24.1 Å². The van der Waals surface area contributed by atoms with Gasteiger partial charge in [0.05, 0.1) is 34.2 Å². The molecule has 1 aliphatic rings. The molecule has 4 rings (SSSR count). The van der Waals surface area contributed by atoms with Crippen LogP contribution in [0.15, 0.2) is 42.7 Å². The quantitative estimate of drug-likeness (QED) is 0.598. The molecule has 176 valence electrons. The van der Waals surface area contributed by atoms with E-state index in [9.17, 15) is 27.1 Å². The monoisotopic (exact) mass is 478 g/mol. The summed E-state index contributed by atoms with van der Waals surface area (Å²) in [6, 6.07) is 5.84. The van der Waals surface area contributed by atoms with Gasteiger partial charge in [0.1, 0.15) is 11.6 Å². The Morgan fingerprint density at radius 3 is 2.64 bits per heavy atom. The molecule has 0 saturated carbocycles. The van der Waals surface area contributed by atoms with E-state index in [1.807, 2.05) is 0 Å². The van der Waals surface area contributed by atoms with Crippen molar-refractivity contribution in [1.82, 2.24) is 14.3 Å². The molecule has 1 aromatic carbocycles. The van der Waals surface area contributed by atoms with Gasteiger partial charge in [-0.05, 0) is 57.5 Å². The first-order valence-corrected chi connectivity index (χ1v) is 11.8. The molecule has 1 saturated heterocycles. The number of sulfonamides is 1.